The second-order valence-electron chi connectivity index (χ2n) is 9.72. The minimum atomic E-state index is -4.58. The molecule has 0 bridgehead atoms. The molecule has 0 saturated carbocycles. The first-order chi connectivity index (χ1) is 17.3. The molecule has 0 spiro atoms. The molecule has 4 aromatic heterocycles. The molecule has 1 aliphatic heterocycles. The number of halogens is 3. The van der Waals surface area contributed by atoms with Crippen LogP contribution in [0.2, 0.25) is 0 Å². The Morgan fingerprint density at radius 1 is 1.08 bits per heavy atom. The molecule has 5 rings (SSSR count). The van der Waals surface area contributed by atoms with E-state index >= 15 is 0 Å². The molecule has 1 saturated heterocycles. The maximum atomic E-state index is 13.2. The monoisotopic (exact) mass is 514 g/mol. The van der Waals surface area contributed by atoms with Crippen LogP contribution in [0.4, 0.5) is 19.1 Å². The number of morpholine rings is 1. The average molecular weight is 515 g/mol. The zero-order valence-electron chi connectivity index (χ0n) is 20.9. The molecule has 0 amide bonds. The Morgan fingerprint density at radius 3 is 2.46 bits per heavy atom. The molecule has 1 aliphatic rings. The lowest BCUT2D eigenvalue weighted by Gasteiger charge is -2.42. The summed E-state index contributed by atoms with van der Waals surface area (Å²) in [6, 6.07) is 2.16. The van der Waals surface area contributed by atoms with Crippen LogP contribution >= 0.6 is 0 Å². The zero-order chi connectivity index (χ0) is 26.7. The minimum Gasteiger partial charge on any atom is -0.364 e. The number of aromatic nitrogens is 7. The van der Waals surface area contributed by atoms with Crippen LogP contribution in [0.15, 0.2) is 35.5 Å². The number of ether oxygens (including phenoxy) is 1. The largest absolute Gasteiger partial charge is 0.433 e. The second kappa shape index (κ2) is 8.61. The van der Waals surface area contributed by atoms with E-state index in [0.717, 1.165) is 17.8 Å². The smallest absolute Gasteiger partial charge is 0.364 e. The van der Waals surface area contributed by atoms with Gasteiger partial charge in [-0.1, -0.05) is 0 Å². The Bertz CT molecular complexity index is 1540. The number of rotatable bonds is 3. The quantitative estimate of drug-likeness (QED) is 0.411. The van der Waals surface area contributed by atoms with E-state index in [1.54, 1.807) is 24.9 Å². The Morgan fingerprint density at radius 2 is 1.84 bits per heavy atom. The van der Waals surface area contributed by atoms with Crippen molar-refractivity contribution in [2.24, 2.45) is 14.1 Å². The Balaban J connectivity index is 1.67. The number of anilines is 1. The predicted octanol–water partition coefficient (Wildman–Crippen LogP) is 3.20. The Kier molecular flexibility index (Phi) is 5.77. The third kappa shape index (κ3) is 4.66. The number of pyridine rings is 1. The van der Waals surface area contributed by atoms with Crippen LogP contribution in [0.25, 0.3) is 22.3 Å². The fourth-order valence-electron chi connectivity index (χ4n) is 4.40. The van der Waals surface area contributed by atoms with Gasteiger partial charge in [-0.05, 0) is 32.9 Å². The highest BCUT2D eigenvalue weighted by Crippen LogP contribution is 2.34. The fraction of sp³-hybridized carbons (Fsp3) is 0.417. The molecular weight excluding hydrogens is 489 g/mol. The van der Waals surface area contributed by atoms with Crippen LogP contribution in [0, 0.1) is 6.92 Å². The predicted molar refractivity (Wildman–Crippen MR) is 129 cm³/mol. The summed E-state index contributed by atoms with van der Waals surface area (Å²) in [4.78, 5) is 32.4. The van der Waals surface area contributed by atoms with E-state index in [-0.39, 0.29) is 39.9 Å². The third-order valence-electron chi connectivity index (χ3n) is 6.26. The van der Waals surface area contributed by atoms with Crippen molar-refractivity contribution in [1.29, 1.82) is 0 Å². The van der Waals surface area contributed by atoms with E-state index in [2.05, 4.69) is 20.1 Å². The van der Waals surface area contributed by atoms with Crippen molar-refractivity contribution < 1.29 is 17.9 Å². The molecule has 1 fully saturated rings. The van der Waals surface area contributed by atoms with E-state index in [1.165, 1.54) is 10.6 Å². The highest BCUT2D eigenvalue weighted by atomic mass is 19.4. The van der Waals surface area contributed by atoms with E-state index in [4.69, 9.17) is 9.72 Å². The van der Waals surface area contributed by atoms with E-state index < -0.39 is 17.5 Å². The molecule has 194 valence electrons. The number of aryl methyl sites for hydroxylation is 2. The first kappa shape index (κ1) is 24.8. The van der Waals surface area contributed by atoms with Crippen molar-refractivity contribution in [3.8, 4) is 11.3 Å². The zero-order valence-corrected chi connectivity index (χ0v) is 20.9. The van der Waals surface area contributed by atoms with E-state index in [9.17, 15) is 18.0 Å². The van der Waals surface area contributed by atoms with Crippen molar-refractivity contribution in [3.63, 3.8) is 0 Å². The van der Waals surface area contributed by atoms with Crippen LogP contribution in [0.1, 0.15) is 37.0 Å². The van der Waals surface area contributed by atoms with Crippen LogP contribution in [-0.4, -0.2) is 53.0 Å². The summed E-state index contributed by atoms with van der Waals surface area (Å²) in [5, 5.41) is 4.23. The fourth-order valence-corrected chi connectivity index (χ4v) is 4.40. The number of fused-ring (bicyclic) bond motifs is 1. The van der Waals surface area contributed by atoms with Gasteiger partial charge in [-0.15, -0.1) is 0 Å². The SMILES string of the molecule is Cc1nc2c(-c3ccc(C(F)(F)F)nc3)nc(N3C[C@@H](c4cnn(C)c4)OC(C)(C)C3)nc2c(=O)n1C. The average Bonchev–Trinajstić information content (AvgIpc) is 3.27. The lowest BCUT2D eigenvalue weighted by molar-refractivity contribution is -0.141. The molecule has 0 aliphatic carbocycles. The highest BCUT2D eigenvalue weighted by Gasteiger charge is 2.37. The lowest BCUT2D eigenvalue weighted by Crippen LogP contribution is -2.50. The minimum absolute atomic E-state index is 0.0650. The number of alkyl halides is 3. The van der Waals surface area contributed by atoms with Crippen LogP contribution in [-0.2, 0) is 25.0 Å². The van der Waals surface area contributed by atoms with E-state index in [0.29, 0.717) is 18.9 Å². The van der Waals surface area contributed by atoms with Crippen molar-refractivity contribution in [3.05, 3.63) is 58.2 Å². The molecular formula is C24H25F3N8O2. The molecule has 0 aromatic carbocycles. The first-order valence-electron chi connectivity index (χ1n) is 11.5. The molecule has 10 nitrogen and oxygen atoms in total. The third-order valence-corrected chi connectivity index (χ3v) is 6.26. The molecule has 37 heavy (non-hydrogen) atoms. The van der Waals surface area contributed by atoms with Gasteiger partial charge in [0.1, 0.15) is 28.8 Å². The van der Waals surface area contributed by atoms with Gasteiger partial charge in [0, 0.05) is 44.2 Å². The molecule has 5 heterocycles. The van der Waals surface area contributed by atoms with Crippen molar-refractivity contribution in [1.82, 2.24) is 34.3 Å². The summed E-state index contributed by atoms with van der Waals surface area (Å²) in [5.41, 5.74) is -0.349. The Labute approximate surface area is 209 Å². The van der Waals surface area contributed by atoms with Gasteiger partial charge in [-0.3, -0.25) is 19.0 Å². The summed E-state index contributed by atoms with van der Waals surface area (Å²) < 4.78 is 48.7. The number of nitrogens with zero attached hydrogens (tertiary/aromatic N) is 8. The van der Waals surface area contributed by atoms with Gasteiger partial charge in [0.2, 0.25) is 5.95 Å². The van der Waals surface area contributed by atoms with Crippen molar-refractivity contribution in [2.75, 3.05) is 18.0 Å². The molecule has 1 atom stereocenters. The molecule has 0 N–H and O–H groups in total. The summed E-state index contributed by atoms with van der Waals surface area (Å²) in [7, 11) is 3.40. The first-order valence-corrected chi connectivity index (χ1v) is 11.5. The van der Waals surface area contributed by atoms with Gasteiger partial charge in [0.05, 0.1) is 18.3 Å². The van der Waals surface area contributed by atoms with Gasteiger partial charge in [-0.2, -0.15) is 18.3 Å². The second-order valence-corrected chi connectivity index (χ2v) is 9.72. The topological polar surface area (TPSA) is 104 Å². The molecule has 0 radical (unpaired) electrons. The van der Waals surface area contributed by atoms with Crippen molar-refractivity contribution in [2.45, 2.75) is 38.7 Å². The van der Waals surface area contributed by atoms with Gasteiger partial charge in [-0.25, -0.2) is 15.0 Å². The molecule has 4 aromatic rings. The lowest BCUT2D eigenvalue weighted by atomic mass is 10.0. The number of hydrogen-bond donors (Lipinski definition) is 0. The molecule has 13 heteroatoms. The van der Waals surface area contributed by atoms with E-state index in [1.807, 2.05) is 32.0 Å². The summed E-state index contributed by atoms with van der Waals surface area (Å²) in [6.07, 6.45) is -0.236. The molecule has 0 unspecified atom stereocenters. The Hall–Kier alpha value is -3.87. The normalized spacial score (nSPS) is 17.9. The number of hydrogen-bond acceptors (Lipinski definition) is 8. The van der Waals surface area contributed by atoms with Crippen LogP contribution < -0.4 is 10.5 Å². The summed E-state index contributed by atoms with van der Waals surface area (Å²) in [5.74, 6) is 0.662. The van der Waals surface area contributed by atoms with Gasteiger partial charge < -0.3 is 9.64 Å². The van der Waals surface area contributed by atoms with Gasteiger partial charge >= 0.3 is 6.18 Å². The van der Waals surface area contributed by atoms with Crippen molar-refractivity contribution >= 4 is 17.0 Å². The standard InChI is InChI=1S/C24H25F3N8O2/c1-13-30-19-18(14-6-7-17(28-8-14)24(25,26)27)31-22(32-20(19)21(36)34(13)5)35-11-16(37-23(2,3)12-35)15-9-29-33(4)10-15/h6-10,16H,11-12H2,1-5H3/t16-/m0/s1. The van der Waals surface area contributed by atoms with Crippen LogP contribution in [0.5, 0.6) is 0 Å². The van der Waals surface area contributed by atoms with Crippen LogP contribution in [0.3, 0.4) is 0 Å². The summed E-state index contributed by atoms with van der Waals surface area (Å²) in [6.45, 7) is 6.33. The summed E-state index contributed by atoms with van der Waals surface area (Å²) >= 11 is 0. The maximum Gasteiger partial charge on any atom is 0.433 e. The van der Waals surface area contributed by atoms with Gasteiger partial charge in [0.25, 0.3) is 5.56 Å². The maximum absolute atomic E-state index is 13.2. The highest BCUT2D eigenvalue weighted by molar-refractivity contribution is 5.89. The van der Waals surface area contributed by atoms with Gasteiger partial charge in [0.15, 0.2) is 5.52 Å².